The Bertz CT molecular complexity index is 983. The molecule has 0 amide bonds. The van der Waals surface area contributed by atoms with Crippen molar-refractivity contribution in [1.82, 2.24) is 14.5 Å². The maximum absolute atomic E-state index is 14.3. The minimum absolute atomic E-state index is 0.0177. The molecule has 0 fully saturated rings. The molecule has 128 valence electrons. The summed E-state index contributed by atoms with van der Waals surface area (Å²) in [5.41, 5.74) is 0.177. The second-order valence-corrected chi connectivity index (χ2v) is 5.47. The van der Waals surface area contributed by atoms with Crippen molar-refractivity contribution in [2.45, 2.75) is 6.54 Å². The van der Waals surface area contributed by atoms with Crippen molar-refractivity contribution in [3.05, 3.63) is 47.0 Å². The summed E-state index contributed by atoms with van der Waals surface area (Å²) in [5.74, 6) is -1.41. The number of benzene rings is 1. The Morgan fingerprint density at radius 2 is 2.12 bits per heavy atom. The zero-order valence-electron chi connectivity index (χ0n) is 13.1. The number of nitrogens with one attached hydrogen (secondary N) is 1. The zero-order valence-corrected chi connectivity index (χ0v) is 13.8. The van der Waals surface area contributed by atoms with Crippen LogP contribution in [0.2, 0.25) is 5.15 Å². The molecule has 25 heavy (non-hydrogen) atoms. The molecular weight excluding hydrogens is 352 g/mol. The lowest BCUT2D eigenvalue weighted by molar-refractivity contribution is 0.412. The summed E-state index contributed by atoms with van der Waals surface area (Å²) in [4.78, 5) is 7.75. The summed E-state index contributed by atoms with van der Waals surface area (Å²) in [5, 5.41) is 12.9. The van der Waals surface area contributed by atoms with Crippen molar-refractivity contribution < 1.29 is 13.5 Å². The van der Waals surface area contributed by atoms with Crippen LogP contribution in [0.3, 0.4) is 0 Å². The van der Waals surface area contributed by atoms with Crippen LogP contribution in [0.1, 0.15) is 5.69 Å². The molecule has 3 aromatic rings. The second kappa shape index (κ2) is 6.91. The van der Waals surface area contributed by atoms with Gasteiger partial charge in [0.05, 0.1) is 12.6 Å². The highest BCUT2D eigenvalue weighted by Crippen LogP contribution is 2.32. The van der Waals surface area contributed by atoms with E-state index in [1.54, 1.807) is 0 Å². The fourth-order valence-corrected chi connectivity index (χ4v) is 2.71. The highest BCUT2D eigenvalue weighted by atomic mass is 35.5. The van der Waals surface area contributed by atoms with E-state index in [1.807, 2.05) is 6.07 Å². The standard InChI is InChI=1S/C16H12ClF2N5O/c1-25-12-5-11(18)15(19)16-10(12)4-9(7-20)24(16)3-2-21-14-6-13(17)22-8-23-14/h4-6,8H,2-3H2,1H3,(H,21,22,23). The lowest BCUT2D eigenvalue weighted by Gasteiger charge is -2.11. The molecule has 0 saturated heterocycles. The van der Waals surface area contributed by atoms with E-state index in [1.165, 1.54) is 30.1 Å². The van der Waals surface area contributed by atoms with Crippen LogP contribution in [0.5, 0.6) is 5.75 Å². The first-order valence-electron chi connectivity index (χ1n) is 7.22. The molecule has 9 heteroatoms. The van der Waals surface area contributed by atoms with Crippen molar-refractivity contribution in [2.75, 3.05) is 19.0 Å². The molecule has 6 nitrogen and oxygen atoms in total. The predicted molar refractivity (Wildman–Crippen MR) is 88.7 cm³/mol. The fraction of sp³-hybridized carbons (Fsp3) is 0.188. The molecule has 1 N–H and O–H groups in total. The van der Waals surface area contributed by atoms with Crippen LogP contribution >= 0.6 is 11.6 Å². The van der Waals surface area contributed by atoms with Gasteiger partial charge in [0.1, 0.15) is 34.8 Å². The average molecular weight is 364 g/mol. The quantitative estimate of drug-likeness (QED) is 0.703. The number of hydrogen-bond acceptors (Lipinski definition) is 5. The summed E-state index contributed by atoms with van der Waals surface area (Å²) in [7, 11) is 1.36. The van der Waals surface area contributed by atoms with E-state index in [4.69, 9.17) is 16.3 Å². The normalized spacial score (nSPS) is 10.7. The van der Waals surface area contributed by atoms with Gasteiger partial charge in [-0.15, -0.1) is 0 Å². The van der Waals surface area contributed by atoms with Gasteiger partial charge < -0.3 is 14.6 Å². The van der Waals surface area contributed by atoms with Gasteiger partial charge in [0.2, 0.25) is 0 Å². The van der Waals surface area contributed by atoms with Gasteiger partial charge in [0, 0.05) is 30.6 Å². The van der Waals surface area contributed by atoms with Crippen LogP contribution in [0.15, 0.2) is 24.5 Å². The highest BCUT2D eigenvalue weighted by molar-refractivity contribution is 6.29. The van der Waals surface area contributed by atoms with E-state index in [9.17, 15) is 14.0 Å². The molecule has 2 aromatic heterocycles. The van der Waals surface area contributed by atoms with Crippen molar-refractivity contribution in [1.29, 1.82) is 5.26 Å². The molecule has 0 radical (unpaired) electrons. The molecular formula is C16H12ClF2N5O. The number of methoxy groups -OCH3 is 1. The molecule has 0 aliphatic heterocycles. The minimum atomic E-state index is -1.04. The zero-order chi connectivity index (χ0) is 18.0. The molecule has 2 heterocycles. The molecule has 0 aliphatic carbocycles. The molecule has 0 unspecified atom stereocenters. The van der Waals surface area contributed by atoms with E-state index in [0.717, 1.165) is 6.07 Å². The van der Waals surface area contributed by atoms with Crippen LogP contribution in [-0.4, -0.2) is 28.2 Å². The smallest absolute Gasteiger partial charge is 0.183 e. The Balaban J connectivity index is 1.95. The van der Waals surface area contributed by atoms with E-state index in [-0.39, 0.29) is 28.7 Å². The topological polar surface area (TPSA) is 75.8 Å². The molecule has 0 spiro atoms. The SMILES string of the molecule is COc1cc(F)c(F)c2c1cc(C#N)n2CCNc1cc(Cl)ncn1. The molecule has 1 aromatic carbocycles. The summed E-state index contributed by atoms with van der Waals surface area (Å²) in [6, 6.07) is 5.95. The van der Waals surface area contributed by atoms with Gasteiger partial charge in [0.25, 0.3) is 0 Å². The van der Waals surface area contributed by atoms with Crippen molar-refractivity contribution in [2.24, 2.45) is 0 Å². The maximum atomic E-state index is 14.3. The monoisotopic (exact) mass is 363 g/mol. The van der Waals surface area contributed by atoms with Gasteiger partial charge in [-0.25, -0.2) is 18.7 Å². The third-order valence-electron chi connectivity index (χ3n) is 3.65. The third-order valence-corrected chi connectivity index (χ3v) is 3.85. The summed E-state index contributed by atoms with van der Waals surface area (Å²) in [6.45, 7) is 0.515. The van der Waals surface area contributed by atoms with Gasteiger partial charge in [0.15, 0.2) is 11.6 Å². The summed E-state index contributed by atoms with van der Waals surface area (Å²) in [6.07, 6.45) is 1.30. The number of halogens is 3. The summed E-state index contributed by atoms with van der Waals surface area (Å²) >= 11 is 5.78. The number of hydrogen-bond donors (Lipinski definition) is 1. The minimum Gasteiger partial charge on any atom is -0.496 e. The average Bonchev–Trinajstić information content (AvgIpc) is 2.97. The molecule has 3 rings (SSSR count). The Morgan fingerprint density at radius 1 is 1.32 bits per heavy atom. The lowest BCUT2D eigenvalue weighted by Crippen LogP contribution is -2.13. The fourth-order valence-electron chi connectivity index (χ4n) is 2.56. The molecule has 0 aliphatic rings. The first-order valence-corrected chi connectivity index (χ1v) is 7.59. The number of rotatable bonds is 5. The first kappa shape index (κ1) is 16.9. The van der Waals surface area contributed by atoms with E-state index < -0.39 is 11.6 Å². The van der Waals surface area contributed by atoms with Crippen LogP contribution in [0.25, 0.3) is 10.9 Å². The number of ether oxygens (including phenoxy) is 1. The maximum Gasteiger partial charge on any atom is 0.183 e. The molecule has 0 atom stereocenters. The number of anilines is 1. The number of nitrogens with zero attached hydrogens (tertiary/aromatic N) is 4. The van der Waals surface area contributed by atoms with Gasteiger partial charge in [-0.1, -0.05) is 11.6 Å². The molecule has 0 bridgehead atoms. The van der Waals surface area contributed by atoms with Gasteiger partial charge in [-0.2, -0.15) is 5.26 Å². The largest absolute Gasteiger partial charge is 0.496 e. The van der Waals surface area contributed by atoms with E-state index in [2.05, 4.69) is 15.3 Å². The summed E-state index contributed by atoms with van der Waals surface area (Å²) < 4.78 is 34.6. The lowest BCUT2D eigenvalue weighted by atomic mass is 10.2. The first-order chi connectivity index (χ1) is 12.0. The third kappa shape index (κ3) is 3.19. The van der Waals surface area contributed by atoms with Crippen molar-refractivity contribution >= 4 is 28.3 Å². The van der Waals surface area contributed by atoms with Gasteiger partial charge in [-0.3, -0.25) is 0 Å². The number of aromatic nitrogens is 3. The second-order valence-electron chi connectivity index (χ2n) is 5.08. The number of nitriles is 1. The Labute approximate surface area is 146 Å². The van der Waals surface area contributed by atoms with Crippen LogP contribution in [0.4, 0.5) is 14.6 Å². The Hall–Kier alpha value is -2.92. The van der Waals surface area contributed by atoms with Crippen molar-refractivity contribution in [3.8, 4) is 11.8 Å². The van der Waals surface area contributed by atoms with Crippen LogP contribution in [-0.2, 0) is 6.54 Å². The molecule has 0 saturated carbocycles. The highest BCUT2D eigenvalue weighted by Gasteiger charge is 2.20. The van der Waals surface area contributed by atoms with E-state index in [0.29, 0.717) is 17.7 Å². The predicted octanol–water partition coefficient (Wildman–Crippen LogP) is 3.36. The van der Waals surface area contributed by atoms with Gasteiger partial charge in [-0.05, 0) is 6.07 Å². The Kier molecular flexibility index (Phi) is 4.67. The van der Waals surface area contributed by atoms with Crippen molar-refractivity contribution in [3.63, 3.8) is 0 Å². The number of fused-ring (bicyclic) bond motifs is 1. The van der Waals surface area contributed by atoms with Gasteiger partial charge >= 0.3 is 0 Å². The van der Waals surface area contributed by atoms with Crippen LogP contribution in [0, 0.1) is 23.0 Å². The van der Waals surface area contributed by atoms with E-state index >= 15 is 0 Å². The Morgan fingerprint density at radius 3 is 2.80 bits per heavy atom. The van der Waals surface area contributed by atoms with Crippen LogP contribution < -0.4 is 10.1 Å².